The molecule has 1 amide bonds. The van der Waals surface area contributed by atoms with Crippen molar-refractivity contribution >= 4 is 46.8 Å². The van der Waals surface area contributed by atoms with Crippen molar-refractivity contribution < 1.29 is 4.79 Å². The highest BCUT2D eigenvalue weighted by Crippen LogP contribution is 2.33. The van der Waals surface area contributed by atoms with Gasteiger partial charge < -0.3 is 20.5 Å². The van der Waals surface area contributed by atoms with E-state index in [1.54, 1.807) is 11.8 Å². The van der Waals surface area contributed by atoms with Crippen molar-refractivity contribution in [2.45, 2.75) is 25.8 Å². The number of pyridine rings is 1. The van der Waals surface area contributed by atoms with Crippen LogP contribution in [-0.4, -0.2) is 52.2 Å². The number of halogens is 1. The predicted octanol–water partition coefficient (Wildman–Crippen LogP) is 2.64. The molecule has 0 aliphatic carbocycles. The van der Waals surface area contributed by atoms with Gasteiger partial charge in [-0.15, -0.1) is 24.2 Å². The first kappa shape index (κ1) is 19.1. The first-order valence-electron chi connectivity index (χ1n) is 8.72. The van der Waals surface area contributed by atoms with Crippen molar-refractivity contribution in [3.05, 3.63) is 35.1 Å². The zero-order chi connectivity index (χ0) is 17.4. The van der Waals surface area contributed by atoms with Crippen molar-refractivity contribution in [2.75, 3.05) is 30.3 Å². The van der Waals surface area contributed by atoms with Crippen LogP contribution in [0, 0.1) is 6.92 Å². The van der Waals surface area contributed by atoms with Gasteiger partial charge >= 0.3 is 0 Å². The fraction of sp³-hybridized carbons (Fsp3) is 0.444. The van der Waals surface area contributed by atoms with Crippen LogP contribution in [0.15, 0.2) is 29.6 Å². The maximum absolute atomic E-state index is 12.9. The van der Waals surface area contributed by atoms with E-state index in [4.69, 9.17) is 5.73 Å². The molecular weight excluding hydrogens is 370 g/mol. The molecule has 0 radical (unpaired) electrons. The third-order valence-electron chi connectivity index (χ3n) is 4.88. The van der Waals surface area contributed by atoms with Crippen LogP contribution in [0.2, 0.25) is 0 Å². The number of nitrogens with one attached hydrogen (secondary N) is 1. The molecule has 6 nitrogen and oxygen atoms in total. The van der Waals surface area contributed by atoms with Gasteiger partial charge in [0.1, 0.15) is 5.65 Å². The van der Waals surface area contributed by atoms with Gasteiger partial charge in [-0.05, 0) is 31.4 Å². The second-order valence-electron chi connectivity index (χ2n) is 6.71. The Hall–Kier alpha value is -1.70. The van der Waals surface area contributed by atoms with Gasteiger partial charge in [0.2, 0.25) is 0 Å². The number of piperidine rings is 1. The lowest BCUT2D eigenvalue weighted by molar-refractivity contribution is -0.127. The number of aryl methyl sites for hydroxylation is 1. The van der Waals surface area contributed by atoms with Gasteiger partial charge in [-0.2, -0.15) is 0 Å². The van der Waals surface area contributed by atoms with Gasteiger partial charge in [0.15, 0.2) is 0 Å². The molecule has 1 saturated heterocycles. The summed E-state index contributed by atoms with van der Waals surface area (Å²) in [6.07, 6.45) is 7.78. The van der Waals surface area contributed by atoms with Gasteiger partial charge in [0, 0.05) is 55.4 Å². The van der Waals surface area contributed by atoms with Gasteiger partial charge in [0.05, 0.1) is 10.6 Å². The lowest BCUT2D eigenvalue weighted by atomic mass is 10.1. The van der Waals surface area contributed by atoms with Crippen LogP contribution in [0.5, 0.6) is 0 Å². The standard InChI is InChI=1S/C18H23N5OS.ClH/c1-12-9-21-17-16(12)14(4-5-20-17)22-7-8-25-15(11-22)18(24)23-6-2-3-13(19)10-23;/h4-5,9,11,13H,2-3,6-8,10,19H2,1H3,(H,20,21);1H/t13-;/m1./s1. The number of aromatic amines is 1. The molecule has 2 aromatic heterocycles. The Kier molecular flexibility index (Phi) is 5.79. The minimum Gasteiger partial charge on any atom is -0.346 e. The molecule has 0 unspecified atom stereocenters. The van der Waals surface area contributed by atoms with Gasteiger partial charge in [-0.1, -0.05) is 0 Å². The number of hydrogen-bond donors (Lipinski definition) is 2. The number of hydrogen-bond acceptors (Lipinski definition) is 5. The van der Waals surface area contributed by atoms with E-state index in [-0.39, 0.29) is 24.4 Å². The highest BCUT2D eigenvalue weighted by Gasteiger charge is 2.27. The second-order valence-corrected chi connectivity index (χ2v) is 7.85. The van der Waals surface area contributed by atoms with Crippen LogP contribution >= 0.6 is 24.2 Å². The van der Waals surface area contributed by atoms with Crippen molar-refractivity contribution in [1.29, 1.82) is 0 Å². The quantitative estimate of drug-likeness (QED) is 0.820. The van der Waals surface area contributed by atoms with Crippen LogP contribution in [0.3, 0.4) is 0 Å². The fourth-order valence-corrected chi connectivity index (χ4v) is 4.55. The largest absolute Gasteiger partial charge is 0.346 e. The number of likely N-dealkylation sites (tertiary alicyclic amines) is 1. The van der Waals surface area contributed by atoms with Crippen molar-refractivity contribution in [3.8, 4) is 0 Å². The molecule has 26 heavy (non-hydrogen) atoms. The number of carbonyl (C=O) groups is 1. The van der Waals surface area contributed by atoms with Gasteiger partial charge in [-0.25, -0.2) is 4.98 Å². The summed E-state index contributed by atoms with van der Waals surface area (Å²) in [7, 11) is 0. The van der Waals surface area contributed by atoms with Crippen LogP contribution < -0.4 is 10.6 Å². The third kappa shape index (κ3) is 3.56. The Morgan fingerprint density at radius 3 is 3.08 bits per heavy atom. The minimum atomic E-state index is 0. The highest BCUT2D eigenvalue weighted by molar-refractivity contribution is 8.04. The molecule has 4 heterocycles. The predicted molar refractivity (Wildman–Crippen MR) is 110 cm³/mol. The lowest BCUT2D eigenvalue weighted by Gasteiger charge is -2.33. The van der Waals surface area contributed by atoms with Crippen LogP contribution in [0.25, 0.3) is 11.0 Å². The summed E-state index contributed by atoms with van der Waals surface area (Å²) in [5.74, 6) is 1.01. The number of rotatable bonds is 2. The average molecular weight is 394 g/mol. The summed E-state index contributed by atoms with van der Waals surface area (Å²) in [6, 6.07) is 2.12. The Morgan fingerprint density at radius 2 is 2.27 bits per heavy atom. The first-order valence-corrected chi connectivity index (χ1v) is 9.71. The molecule has 0 bridgehead atoms. The number of nitrogens with zero attached hydrogens (tertiary/aromatic N) is 3. The molecule has 2 aromatic rings. The lowest BCUT2D eigenvalue weighted by Crippen LogP contribution is -2.46. The van der Waals surface area contributed by atoms with E-state index in [9.17, 15) is 4.79 Å². The summed E-state index contributed by atoms with van der Waals surface area (Å²) in [4.78, 5) is 25.4. The average Bonchev–Trinajstić information content (AvgIpc) is 3.02. The van der Waals surface area contributed by atoms with Crippen LogP contribution in [0.1, 0.15) is 18.4 Å². The summed E-state index contributed by atoms with van der Waals surface area (Å²) in [6.45, 7) is 4.42. The van der Waals surface area contributed by atoms with Gasteiger partial charge in [-0.3, -0.25) is 4.79 Å². The topological polar surface area (TPSA) is 78.2 Å². The fourth-order valence-electron chi connectivity index (χ4n) is 3.59. The molecule has 2 aliphatic heterocycles. The molecule has 2 aliphatic rings. The Balaban J connectivity index is 0.00000196. The monoisotopic (exact) mass is 393 g/mol. The zero-order valence-electron chi connectivity index (χ0n) is 14.8. The smallest absolute Gasteiger partial charge is 0.261 e. The van der Waals surface area contributed by atoms with E-state index in [1.165, 1.54) is 5.56 Å². The summed E-state index contributed by atoms with van der Waals surface area (Å²) in [5.41, 5.74) is 9.19. The van der Waals surface area contributed by atoms with E-state index >= 15 is 0 Å². The first-order chi connectivity index (χ1) is 12.1. The second kappa shape index (κ2) is 7.90. The molecular formula is C18H24ClN5OS. The molecule has 8 heteroatoms. The van der Waals surface area contributed by atoms with Crippen molar-refractivity contribution in [2.24, 2.45) is 5.73 Å². The molecule has 3 N–H and O–H groups in total. The maximum Gasteiger partial charge on any atom is 0.261 e. The Bertz CT molecular complexity index is 836. The molecule has 1 atom stereocenters. The Morgan fingerprint density at radius 1 is 1.42 bits per heavy atom. The number of thioether (sulfide) groups is 1. The van der Waals surface area contributed by atoms with E-state index in [2.05, 4.69) is 21.8 Å². The number of H-pyrrole nitrogens is 1. The SMILES string of the molecule is Cc1c[nH]c2nccc(N3C=C(C(=O)N4CCC[C@@H](N)C4)SCC3)c12.Cl. The summed E-state index contributed by atoms with van der Waals surface area (Å²) >= 11 is 1.64. The number of aromatic nitrogens is 2. The number of nitrogens with two attached hydrogens (primary N) is 1. The number of anilines is 1. The molecule has 0 saturated carbocycles. The molecule has 0 spiro atoms. The third-order valence-corrected chi connectivity index (χ3v) is 5.85. The van der Waals surface area contributed by atoms with Crippen molar-refractivity contribution in [1.82, 2.24) is 14.9 Å². The number of carbonyl (C=O) groups excluding carboxylic acids is 1. The number of amides is 1. The zero-order valence-corrected chi connectivity index (χ0v) is 16.4. The van der Waals surface area contributed by atoms with E-state index in [0.717, 1.165) is 53.3 Å². The van der Waals surface area contributed by atoms with Crippen LogP contribution in [0.4, 0.5) is 5.69 Å². The Labute approximate surface area is 163 Å². The molecule has 0 aromatic carbocycles. The van der Waals surface area contributed by atoms with E-state index in [0.29, 0.717) is 6.54 Å². The van der Waals surface area contributed by atoms with Crippen LogP contribution in [-0.2, 0) is 4.79 Å². The molecule has 140 valence electrons. The maximum atomic E-state index is 12.9. The molecule has 1 fully saturated rings. The highest BCUT2D eigenvalue weighted by atomic mass is 35.5. The number of fused-ring (bicyclic) bond motifs is 1. The normalized spacial score (nSPS) is 20.7. The van der Waals surface area contributed by atoms with E-state index in [1.807, 2.05) is 29.6 Å². The van der Waals surface area contributed by atoms with Gasteiger partial charge in [0.25, 0.3) is 5.91 Å². The van der Waals surface area contributed by atoms with Crippen molar-refractivity contribution in [3.63, 3.8) is 0 Å². The molecule has 4 rings (SSSR count). The minimum absolute atomic E-state index is 0. The summed E-state index contributed by atoms with van der Waals surface area (Å²) < 4.78 is 0. The van der Waals surface area contributed by atoms with E-state index < -0.39 is 0 Å². The summed E-state index contributed by atoms with van der Waals surface area (Å²) in [5, 5.41) is 1.12.